The number of para-hydroxylation sites is 1. The lowest BCUT2D eigenvalue weighted by Crippen LogP contribution is -2.21. The maximum atomic E-state index is 12.2. The summed E-state index contributed by atoms with van der Waals surface area (Å²) in [5.41, 5.74) is 0.641. The summed E-state index contributed by atoms with van der Waals surface area (Å²) in [6.07, 6.45) is 0.612. The Morgan fingerprint density at radius 2 is 1.89 bits per heavy atom. The monoisotopic (exact) mass is 303 g/mol. The van der Waals surface area contributed by atoms with E-state index in [0.717, 1.165) is 0 Å². The van der Waals surface area contributed by atoms with Gasteiger partial charge in [-0.15, -0.1) is 11.6 Å². The number of hydrogen-bond donors (Lipinski definition) is 1. The van der Waals surface area contributed by atoms with Crippen LogP contribution in [0.15, 0.2) is 29.2 Å². The van der Waals surface area contributed by atoms with Crippen LogP contribution in [0.2, 0.25) is 0 Å². The van der Waals surface area contributed by atoms with E-state index in [4.69, 9.17) is 11.6 Å². The molecule has 0 radical (unpaired) electrons. The molecule has 0 saturated heterocycles. The van der Waals surface area contributed by atoms with Crippen LogP contribution in [0.5, 0.6) is 0 Å². The van der Waals surface area contributed by atoms with E-state index in [9.17, 15) is 8.42 Å². The fourth-order valence-electron chi connectivity index (χ4n) is 1.71. The summed E-state index contributed by atoms with van der Waals surface area (Å²) >= 11 is 6.18. The van der Waals surface area contributed by atoms with Gasteiger partial charge in [0.2, 0.25) is 0 Å². The predicted molar refractivity (Wildman–Crippen MR) is 81.8 cm³/mol. The molecule has 0 amide bonds. The Kier molecular flexibility index (Phi) is 6.14. The summed E-state index contributed by atoms with van der Waals surface area (Å²) in [6, 6.07) is 7.00. The van der Waals surface area contributed by atoms with E-state index in [1.165, 1.54) is 0 Å². The summed E-state index contributed by atoms with van der Waals surface area (Å²) in [7, 11) is -3.21. The quantitative estimate of drug-likeness (QED) is 0.784. The van der Waals surface area contributed by atoms with Gasteiger partial charge in [-0.05, 0) is 24.5 Å². The SMILES string of the molecule is CCCS(=O)(=O)c1ccccc1NCC(Cl)C(C)C. The zero-order chi connectivity index (χ0) is 14.5. The lowest BCUT2D eigenvalue weighted by molar-refractivity contribution is 0.594. The molecule has 0 saturated carbocycles. The van der Waals surface area contributed by atoms with Gasteiger partial charge in [0.1, 0.15) is 0 Å². The third-order valence-corrected chi connectivity index (χ3v) is 5.54. The highest BCUT2D eigenvalue weighted by Crippen LogP contribution is 2.23. The Hall–Kier alpha value is -0.740. The molecule has 1 rings (SSSR count). The summed E-state index contributed by atoms with van der Waals surface area (Å²) in [5, 5.41) is 3.12. The number of alkyl halides is 1. The molecule has 108 valence electrons. The van der Waals surface area contributed by atoms with E-state index >= 15 is 0 Å². The van der Waals surface area contributed by atoms with Crippen LogP contribution in [0.1, 0.15) is 27.2 Å². The number of benzene rings is 1. The van der Waals surface area contributed by atoms with Crippen molar-refractivity contribution in [3.8, 4) is 0 Å². The van der Waals surface area contributed by atoms with Crippen LogP contribution in [0.25, 0.3) is 0 Å². The minimum absolute atomic E-state index is 0.0260. The highest BCUT2D eigenvalue weighted by molar-refractivity contribution is 7.91. The number of nitrogens with one attached hydrogen (secondary N) is 1. The van der Waals surface area contributed by atoms with Crippen molar-refractivity contribution >= 4 is 27.1 Å². The van der Waals surface area contributed by atoms with Gasteiger partial charge in [-0.1, -0.05) is 32.9 Å². The van der Waals surface area contributed by atoms with Crippen LogP contribution in [0.3, 0.4) is 0 Å². The molecule has 0 fully saturated rings. The predicted octanol–water partition coefficient (Wildman–Crippen LogP) is 3.55. The first-order valence-corrected chi connectivity index (χ1v) is 8.67. The van der Waals surface area contributed by atoms with Crippen LogP contribution >= 0.6 is 11.6 Å². The molecular weight excluding hydrogens is 282 g/mol. The number of halogens is 1. The first-order chi connectivity index (χ1) is 8.88. The third kappa shape index (κ3) is 4.69. The second-order valence-corrected chi connectivity index (χ2v) is 7.59. The smallest absolute Gasteiger partial charge is 0.180 e. The molecule has 19 heavy (non-hydrogen) atoms. The van der Waals surface area contributed by atoms with Crippen molar-refractivity contribution < 1.29 is 8.42 Å². The van der Waals surface area contributed by atoms with Gasteiger partial charge in [0, 0.05) is 6.54 Å². The Labute approximate surface area is 121 Å². The van der Waals surface area contributed by atoms with Crippen LogP contribution in [0, 0.1) is 5.92 Å². The molecule has 0 spiro atoms. The molecule has 3 nitrogen and oxygen atoms in total. The van der Waals surface area contributed by atoms with Gasteiger partial charge in [0.25, 0.3) is 0 Å². The maximum absolute atomic E-state index is 12.2. The Balaban J connectivity index is 2.91. The van der Waals surface area contributed by atoms with Crippen molar-refractivity contribution in [2.45, 2.75) is 37.5 Å². The number of anilines is 1. The molecule has 0 aliphatic heterocycles. The molecule has 0 aliphatic carbocycles. The molecule has 1 aromatic carbocycles. The van der Waals surface area contributed by atoms with Crippen LogP contribution < -0.4 is 5.32 Å². The van der Waals surface area contributed by atoms with Gasteiger partial charge < -0.3 is 5.32 Å². The van der Waals surface area contributed by atoms with Crippen LogP contribution in [0.4, 0.5) is 5.69 Å². The average molecular weight is 304 g/mol. The van der Waals surface area contributed by atoms with E-state index in [-0.39, 0.29) is 11.1 Å². The van der Waals surface area contributed by atoms with Crippen molar-refractivity contribution in [1.82, 2.24) is 0 Å². The molecule has 0 aliphatic rings. The zero-order valence-corrected chi connectivity index (χ0v) is 13.3. The highest BCUT2D eigenvalue weighted by Gasteiger charge is 2.18. The first kappa shape index (κ1) is 16.3. The molecule has 5 heteroatoms. The molecule has 0 heterocycles. The highest BCUT2D eigenvalue weighted by atomic mass is 35.5. The zero-order valence-electron chi connectivity index (χ0n) is 11.7. The van der Waals surface area contributed by atoms with Crippen molar-refractivity contribution in [3.63, 3.8) is 0 Å². The topological polar surface area (TPSA) is 46.2 Å². The number of rotatable bonds is 7. The van der Waals surface area contributed by atoms with E-state index in [1.807, 2.05) is 26.8 Å². The summed E-state index contributed by atoms with van der Waals surface area (Å²) in [5.74, 6) is 0.508. The fraction of sp³-hybridized carbons (Fsp3) is 0.571. The van der Waals surface area contributed by atoms with Crippen LogP contribution in [-0.4, -0.2) is 26.1 Å². The van der Waals surface area contributed by atoms with Crippen molar-refractivity contribution in [3.05, 3.63) is 24.3 Å². The van der Waals surface area contributed by atoms with Crippen LogP contribution in [-0.2, 0) is 9.84 Å². The minimum Gasteiger partial charge on any atom is -0.382 e. The molecule has 1 atom stereocenters. The Bertz CT molecular complexity index is 500. The van der Waals surface area contributed by atoms with Crippen molar-refractivity contribution in [2.75, 3.05) is 17.6 Å². The van der Waals surface area contributed by atoms with Crippen molar-refractivity contribution in [1.29, 1.82) is 0 Å². The lowest BCUT2D eigenvalue weighted by Gasteiger charge is -2.17. The fourth-order valence-corrected chi connectivity index (χ4v) is 3.30. The molecule has 1 N–H and O–H groups in total. The average Bonchev–Trinajstić information content (AvgIpc) is 2.36. The standard InChI is InChI=1S/C14H22ClNO2S/c1-4-9-19(17,18)14-8-6-5-7-13(14)16-10-12(15)11(2)3/h5-8,11-12,16H,4,9-10H2,1-3H3. The van der Waals surface area contributed by atoms with Gasteiger partial charge in [-0.25, -0.2) is 8.42 Å². The molecule has 1 unspecified atom stereocenters. The Morgan fingerprint density at radius 1 is 1.26 bits per heavy atom. The second-order valence-electron chi connectivity index (χ2n) is 4.96. The van der Waals surface area contributed by atoms with Gasteiger partial charge >= 0.3 is 0 Å². The third-order valence-electron chi connectivity index (χ3n) is 2.91. The summed E-state index contributed by atoms with van der Waals surface area (Å²) < 4.78 is 24.3. The van der Waals surface area contributed by atoms with Gasteiger partial charge in [-0.3, -0.25) is 0 Å². The van der Waals surface area contributed by atoms with E-state index in [2.05, 4.69) is 5.32 Å². The van der Waals surface area contributed by atoms with E-state index in [1.54, 1.807) is 18.2 Å². The number of sulfone groups is 1. The van der Waals surface area contributed by atoms with Gasteiger partial charge in [0.05, 0.1) is 21.7 Å². The minimum atomic E-state index is -3.21. The summed E-state index contributed by atoms with van der Waals surface area (Å²) in [4.78, 5) is 0.365. The maximum Gasteiger partial charge on any atom is 0.180 e. The second kappa shape index (κ2) is 7.15. The molecular formula is C14H22ClNO2S. The summed E-state index contributed by atoms with van der Waals surface area (Å²) in [6.45, 7) is 6.50. The lowest BCUT2D eigenvalue weighted by atomic mass is 10.1. The molecule has 1 aromatic rings. The molecule has 0 bridgehead atoms. The van der Waals surface area contributed by atoms with Gasteiger partial charge in [-0.2, -0.15) is 0 Å². The Morgan fingerprint density at radius 3 is 2.47 bits per heavy atom. The number of hydrogen-bond acceptors (Lipinski definition) is 3. The van der Waals surface area contributed by atoms with Crippen molar-refractivity contribution in [2.24, 2.45) is 5.92 Å². The van der Waals surface area contributed by atoms with E-state index in [0.29, 0.717) is 29.5 Å². The van der Waals surface area contributed by atoms with Gasteiger partial charge in [0.15, 0.2) is 9.84 Å². The normalized spacial score (nSPS) is 13.5. The van der Waals surface area contributed by atoms with E-state index < -0.39 is 9.84 Å². The molecule has 0 aromatic heterocycles. The first-order valence-electron chi connectivity index (χ1n) is 6.58. The largest absolute Gasteiger partial charge is 0.382 e.